The van der Waals surface area contributed by atoms with Gasteiger partial charge < -0.3 is 15.1 Å². The molecule has 0 spiro atoms. The van der Waals surface area contributed by atoms with Gasteiger partial charge in [0.25, 0.3) is 5.91 Å². The molecule has 1 rings (SSSR count). The van der Waals surface area contributed by atoms with Gasteiger partial charge in [0, 0.05) is 13.1 Å². The highest BCUT2D eigenvalue weighted by molar-refractivity contribution is 5.97. The zero-order chi connectivity index (χ0) is 13.9. The lowest BCUT2D eigenvalue weighted by Gasteiger charge is -2.28. The van der Waals surface area contributed by atoms with Crippen molar-refractivity contribution in [2.45, 2.75) is 26.4 Å². The zero-order valence-corrected chi connectivity index (χ0v) is 10.8. The highest BCUT2D eigenvalue weighted by Gasteiger charge is 2.26. The van der Waals surface area contributed by atoms with E-state index < -0.39 is 23.1 Å². The van der Waals surface area contributed by atoms with E-state index in [0.717, 1.165) is 6.07 Å². The second-order valence-corrected chi connectivity index (χ2v) is 4.77. The van der Waals surface area contributed by atoms with Crippen LogP contribution in [0.15, 0.2) is 18.2 Å². The smallest absolute Gasteiger partial charge is 0.260 e. The molecule has 0 atom stereocenters. The van der Waals surface area contributed by atoms with Gasteiger partial charge in [-0.05, 0) is 32.9 Å². The monoisotopic (exact) mass is 255 g/mol. The van der Waals surface area contributed by atoms with Crippen molar-refractivity contribution in [1.82, 2.24) is 4.90 Å². The maximum Gasteiger partial charge on any atom is 0.260 e. The number of aliphatic hydroxyl groups is 1. The van der Waals surface area contributed by atoms with Gasteiger partial charge in [0.15, 0.2) is 0 Å². The number of halogens is 1. The molecule has 0 radical (unpaired) electrons. The topological polar surface area (TPSA) is 60.8 Å². The predicted octanol–water partition coefficient (Wildman–Crippen LogP) is 1.76. The van der Waals surface area contributed by atoms with Crippen molar-refractivity contribution < 1.29 is 19.4 Å². The molecule has 100 valence electrons. The Morgan fingerprint density at radius 3 is 2.50 bits per heavy atom. The summed E-state index contributed by atoms with van der Waals surface area (Å²) in [6.45, 7) is 5.22. The van der Waals surface area contributed by atoms with Gasteiger partial charge in [-0.2, -0.15) is 0 Å². The molecule has 1 aromatic carbocycles. The summed E-state index contributed by atoms with van der Waals surface area (Å²) in [7, 11) is 0. The normalized spacial score (nSPS) is 11.4. The first-order valence-electron chi connectivity index (χ1n) is 5.75. The summed E-state index contributed by atoms with van der Waals surface area (Å²) >= 11 is 0. The van der Waals surface area contributed by atoms with Crippen LogP contribution in [0.1, 0.15) is 31.1 Å². The van der Waals surface area contributed by atoms with E-state index in [1.165, 1.54) is 17.0 Å². The maximum atomic E-state index is 13.6. The van der Waals surface area contributed by atoms with Crippen LogP contribution < -0.4 is 0 Å². The van der Waals surface area contributed by atoms with Crippen LogP contribution in [0.3, 0.4) is 0 Å². The largest absolute Gasteiger partial charge is 0.507 e. The molecular formula is C13H18FNO3. The molecule has 0 unspecified atom stereocenters. The summed E-state index contributed by atoms with van der Waals surface area (Å²) in [5, 5.41) is 19.3. The molecule has 5 heteroatoms. The van der Waals surface area contributed by atoms with Gasteiger partial charge in [-0.15, -0.1) is 0 Å². The Hall–Kier alpha value is -1.62. The third-order valence-corrected chi connectivity index (χ3v) is 2.45. The SMILES string of the molecule is CCN(CC(C)(C)O)C(=O)c1c(O)cccc1F. The molecule has 1 aromatic rings. The second kappa shape index (κ2) is 5.35. The summed E-state index contributed by atoms with van der Waals surface area (Å²) in [6, 6.07) is 3.70. The van der Waals surface area contributed by atoms with Gasteiger partial charge in [0.1, 0.15) is 17.1 Å². The number of hydrogen-bond acceptors (Lipinski definition) is 3. The van der Waals surface area contributed by atoms with Crippen molar-refractivity contribution in [3.63, 3.8) is 0 Å². The summed E-state index contributed by atoms with van der Waals surface area (Å²) in [4.78, 5) is 13.4. The van der Waals surface area contributed by atoms with Crippen molar-refractivity contribution in [2.24, 2.45) is 0 Å². The molecule has 2 N–H and O–H groups in total. The number of phenols is 1. The third-order valence-electron chi connectivity index (χ3n) is 2.45. The minimum Gasteiger partial charge on any atom is -0.507 e. The van der Waals surface area contributed by atoms with E-state index in [9.17, 15) is 19.4 Å². The Bertz CT molecular complexity index is 420. The first-order chi connectivity index (χ1) is 8.26. The van der Waals surface area contributed by atoms with Crippen LogP contribution in [0.5, 0.6) is 5.75 Å². The van der Waals surface area contributed by atoms with Crippen molar-refractivity contribution in [1.29, 1.82) is 0 Å². The van der Waals surface area contributed by atoms with Crippen LogP contribution in [0.25, 0.3) is 0 Å². The Kier molecular flexibility index (Phi) is 4.29. The Labute approximate surface area is 106 Å². The van der Waals surface area contributed by atoms with Crippen LogP contribution in [0.2, 0.25) is 0 Å². The molecule has 0 aliphatic carbocycles. The molecule has 0 aliphatic heterocycles. The van der Waals surface area contributed by atoms with Gasteiger partial charge in [0.2, 0.25) is 0 Å². The zero-order valence-electron chi connectivity index (χ0n) is 10.8. The van der Waals surface area contributed by atoms with Crippen molar-refractivity contribution >= 4 is 5.91 Å². The lowest BCUT2D eigenvalue weighted by atomic mass is 10.1. The lowest BCUT2D eigenvalue weighted by molar-refractivity contribution is 0.0310. The lowest BCUT2D eigenvalue weighted by Crippen LogP contribution is -2.42. The molecular weight excluding hydrogens is 237 g/mol. The molecule has 0 fully saturated rings. The first-order valence-corrected chi connectivity index (χ1v) is 5.75. The van der Waals surface area contributed by atoms with Crippen molar-refractivity contribution in [2.75, 3.05) is 13.1 Å². The number of amides is 1. The Morgan fingerprint density at radius 1 is 1.44 bits per heavy atom. The van der Waals surface area contributed by atoms with Gasteiger partial charge in [-0.1, -0.05) is 6.07 Å². The number of rotatable bonds is 4. The molecule has 0 saturated carbocycles. The highest BCUT2D eigenvalue weighted by Crippen LogP contribution is 2.22. The fourth-order valence-corrected chi connectivity index (χ4v) is 1.68. The molecule has 0 heterocycles. The number of benzene rings is 1. The molecule has 0 saturated heterocycles. The van der Waals surface area contributed by atoms with Crippen LogP contribution in [-0.2, 0) is 0 Å². The quantitative estimate of drug-likeness (QED) is 0.862. The number of carbonyl (C=O) groups is 1. The predicted molar refractivity (Wildman–Crippen MR) is 65.9 cm³/mol. The third kappa shape index (κ3) is 3.43. The van der Waals surface area contributed by atoms with Gasteiger partial charge >= 0.3 is 0 Å². The van der Waals surface area contributed by atoms with Crippen LogP contribution in [-0.4, -0.2) is 39.7 Å². The van der Waals surface area contributed by atoms with Gasteiger partial charge in [0.05, 0.1) is 5.60 Å². The molecule has 18 heavy (non-hydrogen) atoms. The molecule has 0 bridgehead atoms. The van der Waals surface area contributed by atoms with E-state index in [4.69, 9.17) is 0 Å². The number of aromatic hydroxyl groups is 1. The Balaban J connectivity index is 3.04. The number of likely N-dealkylation sites (N-methyl/N-ethyl adjacent to an activating group) is 1. The van der Waals surface area contributed by atoms with E-state index in [1.807, 2.05) is 0 Å². The maximum absolute atomic E-state index is 13.6. The summed E-state index contributed by atoms with van der Waals surface area (Å²) in [5.74, 6) is -1.79. The minimum atomic E-state index is -1.08. The van der Waals surface area contributed by atoms with E-state index in [1.54, 1.807) is 20.8 Å². The minimum absolute atomic E-state index is 0.0656. The molecule has 1 amide bonds. The number of phenolic OH excluding ortho intramolecular Hbond substituents is 1. The van der Waals surface area contributed by atoms with Crippen molar-refractivity contribution in [3.05, 3.63) is 29.6 Å². The fraction of sp³-hybridized carbons (Fsp3) is 0.462. The summed E-state index contributed by atoms with van der Waals surface area (Å²) < 4.78 is 13.6. The van der Waals surface area contributed by atoms with Gasteiger partial charge in [-0.3, -0.25) is 4.79 Å². The van der Waals surface area contributed by atoms with E-state index in [0.29, 0.717) is 6.54 Å². The molecule has 4 nitrogen and oxygen atoms in total. The van der Waals surface area contributed by atoms with Crippen LogP contribution in [0, 0.1) is 5.82 Å². The number of hydrogen-bond donors (Lipinski definition) is 2. The highest BCUT2D eigenvalue weighted by atomic mass is 19.1. The fourth-order valence-electron chi connectivity index (χ4n) is 1.68. The van der Waals surface area contributed by atoms with Crippen LogP contribution >= 0.6 is 0 Å². The standard InChI is InChI=1S/C13H18FNO3/c1-4-15(8-13(2,3)18)12(17)11-9(14)6-5-7-10(11)16/h5-7,16,18H,4,8H2,1-3H3. The average molecular weight is 255 g/mol. The molecule has 0 aromatic heterocycles. The number of carbonyl (C=O) groups excluding carboxylic acids is 1. The second-order valence-electron chi connectivity index (χ2n) is 4.77. The van der Waals surface area contributed by atoms with E-state index in [2.05, 4.69) is 0 Å². The van der Waals surface area contributed by atoms with Crippen LogP contribution in [0.4, 0.5) is 4.39 Å². The summed E-state index contributed by atoms with van der Waals surface area (Å²) in [5.41, 5.74) is -1.43. The first kappa shape index (κ1) is 14.4. The van der Waals surface area contributed by atoms with E-state index >= 15 is 0 Å². The van der Waals surface area contributed by atoms with Gasteiger partial charge in [-0.25, -0.2) is 4.39 Å². The number of nitrogens with zero attached hydrogens (tertiary/aromatic N) is 1. The Morgan fingerprint density at radius 2 is 2.06 bits per heavy atom. The molecule has 0 aliphatic rings. The van der Waals surface area contributed by atoms with E-state index in [-0.39, 0.29) is 12.1 Å². The van der Waals surface area contributed by atoms with Crippen molar-refractivity contribution in [3.8, 4) is 5.75 Å². The summed E-state index contributed by atoms with van der Waals surface area (Å²) in [6.07, 6.45) is 0. The average Bonchev–Trinajstić information content (AvgIpc) is 2.24.